The van der Waals surface area contributed by atoms with Crippen molar-refractivity contribution in [3.8, 4) is 6.07 Å². The lowest BCUT2D eigenvalue weighted by molar-refractivity contribution is -0.0181. The molecule has 3 aliphatic rings. The van der Waals surface area contributed by atoms with Gasteiger partial charge in [0, 0.05) is 0 Å². The second kappa shape index (κ2) is 10.3. The van der Waals surface area contributed by atoms with Gasteiger partial charge < -0.3 is 0 Å². The summed E-state index contributed by atoms with van der Waals surface area (Å²) in [7, 11) is 0. The van der Waals surface area contributed by atoms with Gasteiger partial charge in [-0.05, 0) is 81.0 Å². The summed E-state index contributed by atoms with van der Waals surface area (Å²) in [6.07, 6.45) is 23.6. The Hall–Kier alpha value is -0.510. The van der Waals surface area contributed by atoms with Gasteiger partial charge in [0.15, 0.2) is 0 Å². The topological polar surface area (TPSA) is 23.8 Å². The number of nitrogens with zero attached hydrogens (tertiary/aromatic N) is 1. The van der Waals surface area contributed by atoms with E-state index in [1.165, 1.54) is 96.3 Å². The van der Waals surface area contributed by atoms with Crippen LogP contribution in [0.15, 0.2) is 0 Å². The molecule has 3 fully saturated rings. The molecule has 3 rings (SSSR count). The fraction of sp³-hybridized carbons (Fsp3) is 0.962. The highest BCUT2D eigenvalue weighted by Crippen LogP contribution is 2.57. The molecule has 0 bridgehead atoms. The number of hydrogen-bond donors (Lipinski definition) is 0. The Labute approximate surface area is 169 Å². The number of fused-ring (bicyclic) bond motifs is 3. The zero-order valence-electron chi connectivity index (χ0n) is 18.4. The van der Waals surface area contributed by atoms with Gasteiger partial charge in [-0.1, -0.05) is 71.6 Å². The Kier molecular flexibility index (Phi) is 8.10. The Balaban J connectivity index is 1.48. The fourth-order valence-corrected chi connectivity index (χ4v) is 7.22. The molecule has 0 aromatic carbocycles. The van der Waals surface area contributed by atoms with Gasteiger partial charge in [0.25, 0.3) is 0 Å². The lowest BCUT2D eigenvalue weighted by Crippen LogP contribution is -2.44. The Morgan fingerprint density at radius 1 is 0.815 bits per heavy atom. The van der Waals surface area contributed by atoms with E-state index in [0.29, 0.717) is 0 Å². The molecular weight excluding hydrogens is 326 g/mol. The zero-order valence-corrected chi connectivity index (χ0v) is 18.4. The highest BCUT2D eigenvalue weighted by Gasteiger charge is 2.48. The SMILES string of the molecule is CCCCCCC[C@H]1CCC2C(CCC3C[C@@](C#N)(CCCC)CCC32)C1. The average molecular weight is 372 g/mol. The second-order valence-electron chi connectivity index (χ2n) is 10.5. The highest BCUT2D eigenvalue weighted by molar-refractivity contribution is 5.06. The van der Waals surface area contributed by atoms with Gasteiger partial charge in [0.2, 0.25) is 0 Å². The first-order valence-corrected chi connectivity index (χ1v) is 12.6. The Morgan fingerprint density at radius 2 is 1.56 bits per heavy atom. The van der Waals surface area contributed by atoms with Crippen molar-refractivity contribution in [1.82, 2.24) is 0 Å². The van der Waals surface area contributed by atoms with Crippen molar-refractivity contribution >= 4 is 0 Å². The summed E-state index contributed by atoms with van der Waals surface area (Å²) in [6.45, 7) is 4.58. The lowest BCUT2D eigenvalue weighted by Gasteiger charge is -2.52. The predicted molar refractivity (Wildman–Crippen MR) is 115 cm³/mol. The van der Waals surface area contributed by atoms with E-state index >= 15 is 0 Å². The van der Waals surface area contributed by atoms with Gasteiger partial charge >= 0.3 is 0 Å². The molecule has 0 radical (unpaired) electrons. The molecule has 0 saturated heterocycles. The van der Waals surface area contributed by atoms with Crippen molar-refractivity contribution in [3.05, 3.63) is 0 Å². The van der Waals surface area contributed by atoms with Crippen LogP contribution in [0.1, 0.15) is 123 Å². The van der Waals surface area contributed by atoms with E-state index in [1.807, 2.05) is 0 Å². The molecule has 27 heavy (non-hydrogen) atoms. The maximum Gasteiger partial charge on any atom is 0.0689 e. The molecule has 1 heteroatoms. The molecule has 3 aliphatic carbocycles. The third-order valence-corrected chi connectivity index (χ3v) is 8.78. The summed E-state index contributed by atoms with van der Waals surface area (Å²) in [5.74, 6) is 4.93. The fourth-order valence-electron chi connectivity index (χ4n) is 7.22. The van der Waals surface area contributed by atoms with Crippen LogP contribution >= 0.6 is 0 Å². The number of hydrogen-bond acceptors (Lipinski definition) is 1. The van der Waals surface area contributed by atoms with Crippen LogP contribution in [0.5, 0.6) is 0 Å². The van der Waals surface area contributed by atoms with E-state index in [0.717, 1.165) is 36.0 Å². The predicted octanol–water partition coefficient (Wildman–Crippen LogP) is 8.29. The number of rotatable bonds is 9. The minimum atomic E-state index is 0.0414. The maximum atomic E-state index is 9.91. The largest absolute Gasteiger partial charge is 0.198 e. The average Bonchev–Trinajstić information content (AvgIpc) is 2.71. The van der Waals surface area contributed by atoms with Gasteiger partial charge in [-0.2, -0.15) is 5.26 Å². The minimum Gasteiger partial charge on any atom is -0.198 e. The van der Waals surface area contributed by atoms with Crippen molar-refractivity contribution in [1.29, 1.82) is 5.26 Å². The molecule has 1 nitrogen and oxygen atoms in total. The first kappa shape index (κ1) is 21.2. The summed E-state index contributed by atoms with van der Waals surface area (Å²) >= 11 is 0. The van der Waals surface area contributed by atoms with Crippen LogP contribution in [0, 0.1) is 46.3 Å². The normalized spacial score (nSPS) is 38.6. The van der Waals surface area contributed by atoms with E-state index in [9.17, 15) is 5.26 Å². The van der Waals surface area contributed by atoms with Crippen molar-refractivity contribution in [2.75, 3.05) is 0 Å². The molecule has 154 valence electrons. The van der Waals surface area contributed by atoms with Gasteiger partial charge in [0.1, 0.15) is 0 Å². The van der Waals surface area contributed by atoms with Crippen LogP contribution in [0.2, 0.25) is 0 Å². The minimum absolute atomic E-state index is 0.0414. The summed E-state index contributed by atoms with van der Waals surface area (Å²) in [5, 5.41) is 9.91. The molecule has 4 unspecified atom stereocenters. The molecular formula is C26H45N. The van der Waals surface area contributed by atoms with Crippen LogP contribution < -0.4 is 0 Å². The first-order valence-electron chi connectivity index (χ1n) is 12.6. The molecule has 0 N–H and O–H groups in total. The third kappa shape index (κ3) is 5.31. The van der Waals surface area contributed by atoms with Crippen molar-refractivity contribution < 1.29 is 0 Å². The first-order chi connectivity index (χ1) is 13.2. The van der Waals surface area contributed by atoms with Crippen LogP contribution in [-0.4, -0.2) is 0 Å². The smallest absolute Gasteiger partial charge is 0.0689 e. The maximum absolute atomic E-state index is 9.91. The Morgan fingerprint density at radius 3 is 2.33 bits per heavy atom. The molecule has 3 saturated carbocycles. The number of nitriles is 1. The molecule has 0 aliphatic heterocycles. The van der Waals surface area contributed by atoms with Gasteiger partial charge in [0.05, 0.1) is 11.5 Å². The summed E-state index contributed by atoms with van der Waals surface area (Å²) < 4.78 is 0. The zero-order chi connectivity index (χ0) is 19.1. The summed E-state index contributed by atoms with van der Waals surface area (Å²) in [5.41, 5.74) is 0.0414. The van der Waals surface area contributed by atoms with E-state index in [4.69, 9.17) is 0 Å². The third-order valence-electron chi connectivity index (χ3n) is 8.78. The van der Waals surface area contributed by atoms with Crippen LogP contribution in [0.25, 0.3) is 0 Å². The molecule has 0 aromatic rings. The van der Waals surface area contributed by atoms with E-state index in [-0.39, 0.29) is 5.41 Å². The number of unbranched alkanes of at least 4 members (excludes halogenated alkanes) is 5. The van der Waals surface area contributed by atoms with Gasteiger partial charge in [-0.3, -0.25) is 0 Å². The molecule has 0 aromatic heterocycles. The quantitative estimate of drug-likeness (QED) is 0.374. The standard InChI is InChI=1S/C26H45N/c1-3-5-7-8-9-10-21-11-14-24-22(18-21)12-13-23-19-26(20-27,16-6-4-2)17-15-25(23)24/h21-25H,3-19H2,1-2H3/t21-,22?,23?,24?,25?,26+/m0/s1. The molecule has 0 spiro atoms. The van der Waals surface area contributed by atoms with E-state index < -0.39 is 0 Å². The van der Waals surface area contributed by atoms with Crippen LogP contribution in [0.3, 0.4) is 0 Å². The molecule has 0 heterocycles. The lowest BCUT2D eigenvalue weighted by atomic mass is 9.52. The highest BCUT2D eigenvalue weighted by atomic mass is 14.5. The van der Waals surface area contributed by atoms with Crippen LogP contribution in [0.4, 0.5) is 0 Å². The van der Waals surface area contributed by atoms with Crippen molar-refractivity contribution in [2.24, 2.45) is 35.0 Å². The van der Waals surface area contributed by atoms with Gasteiger partial charge in [-0.15, -0.1) is 0 Å². The van der Waals surface area contributed by atoms with E-state index in [2.05, 4.69) is 19.9 Å². The summed E-state index contributed by atoms with van der Waals surface area (Å²) in [6, 6.07) is 2.80. The Bertz CT molecular complexity index is 477. The van der Waals surface area contributed by atoms with Crippen LogP contribution in [-0.2, 0) is 0 Å². The molecule has 0 amide bonds. The molecule has 6 atom stereocenters. The monoisotopic (exact) mass is 371 g/mol. The second-order valence-corrected chi connectivity index (χ2v) is 10.5. The van der Waals surface area contributed by atoms with Crippen molar-refractivity contribution in [3.63, 3.8) is 0 Å². The van der Waals surface area contributed by atoms with Gasteiger partial charge in [-0.25, -0.2) is 0 Å². The summed E-state index contributed by atoms with van der Waals surface area (Å²) in [4.78, 5) is 0. The van der Waals surface area contributed by atoms with E-state index in [1.54, 1.807) is 6.42 Å². The van der Waals surface area contributed by atoms with Crippen molar-refractivity contribution in [2.45, 2.75) is 123 Å².